The molecule has 0 saturated heterocycles. The molecule has 2 aromatic carbocycles. The summed E-state index contributed by atoms with van der Waals surface area (Å²) in [5.41, 5.74) is 7.21. The Bertz CT molecular complexity index is 927. The van der Waals surface area contributed by atoms with Gasteiger partial charge in [0, 0.05) is 16.8 Å². The van der Waals surface area contributed by atoms with Gasteiger partial charge in [0.2, 0.25) is 0 Å². The van der Waals surface area contributed by atoms with E-state index in [4.69, 9.17) is 4.84 Å². The predicted molar refractivity (Wildman–Crippen MR) is 101 cm³/mol. The minimum atomic E-state index is -0.677. The van der Waals surface area contributed by atoms with Gasteiger partial charge in [0.15, 0.2) is 0 Å². The highest BCUT2D eigenvalue weighted by atomic mass is 16.6. The van der Waals surface area contributed by atoms with Gasteiger partial charge < -0.3 is 9.94 Å². The van der Waals surface area contributed by atoms with Crippen molar-refractivity contribution < 1.29 is 9.94 Å². The second-order valence-electron chi connectivity index (χ2n) is 6.59. The lowest BCUT2D eigenvalue weighted by atomic mass is 10.1. The average Bonchev–Trinajstić information content (AvgIpc) is 3.12. The van der Waals surface area contributed by atoms with E-state index in [2.05, 4.69) is 22.4 Å². The number of nitrogens with zero attached hydrogens (tertiary/aromatic N) is 3. The molecule has 1 N–H and O–H groups in total. The lowest BCUT2D eigenvalue weighted by Gasteiger charge is -2.11. The number of hydrogen-bond acceptors (Lipinski definition) is 4. The molecule has 5 heteroatoms. The van der Waals surface area contributed by atoms with Crippen molar-refractivity contribution in [2.24, 2.45) is 5.16 Å². The molecule has 1 aliphatic rings. The predicted octanol–water partition coefficient (Wildman–Crippen LogP) is 3.31. The first-order valence-electron chi connectivity index (χ1n) is 8.72. The van der Waals surface area contributed by atoms with Crippen LogP contribution in [0.3, 0.4) is 0 Å². The van der Waals surface area contributed by atoms with E-state index in [1.165, 1.54) is 0 Å². The molecule has 3 aromatic rings. The van der Waals surface area contributed by atoms with Crippen LogP contribution in [0.1, 0.15) is 22.5 Å². The highest BCUT2D eigenvalue weighted by molar-refractivity contribution is 6.24. The summed E-state index contributed by atoms with van der Waals surface area (Å²) in [5.74, 6) is 0. The van der Waals surface area contributed by atoms with Crippen molar-refractivity contribution in [2.45, 2.75) is 26.5 Å². The second-order valence-corrected chi connectivity index (χ2v) is 6.59. The quantitative estimate of drug-likeness (QED) is 0.564. The number of aromatic nitrogens is 2. The Morgan fingerprint density at radius 2 is 1.58 bits per heavy atom. The van der Waals surface area contributed by atoms with Crippen LogP contribution < -0.4 is 0 Å². The molecule has 132 valence electrons. The van der Waals surface area contributed by atoms with Crippen LogP contribution in [-0.4, -0.2) is 33.3 Å². The highest BCUT2D eigenvalue weighted by Gasteiger charge is 2.24. The molecule has 5 nitrogen and oxygen atoms in total. The van der Waals surface area contributed by atoms with Crippen LogP contribution in [0.25, 0.3) is 11.1 Å². The molecule has 0 radical (unpaired) electrons. The third kappa shape index (κ3) is 3.02. The van der Waals surface area contributed by atoms with Crippen LogP contribution in [0.15, 0.2) is 59.8 Å². The molecule has 4 rings (SSSR count). The van der Waals surface area contributed by atoms with Gasteiger partial charge in [-0.15, -0.1) is 0 Å². The molecule has 26 heavy (non-hydrogen) atoms. The number of fused-ring (bicyclic) bond motifs is 3. The van der Waals surface area contributed by atoms with Crippen molar-refractivity contribution in [3.8, 4) is 11.1 Å². The maximum Gasteiger partial charge on any atom is 0.144 e. The van der Waals surface area contributed by atoms with Crippen molar-refractivity contribution >= 4 is 5.71 Å². The number of aliphatic hydroxyl groups excluding tert-OH is 1. The van der Waals surface area contributed by atoms with E-state index in [0.717, 1.165) is 39.4 Å². The van der Waals surface area contributed by atoms with Gasteiger partial charge in [0.1, 0.15) is 18.4 Å². The molecular formula is C21H21N3O2. The molecule has 1 heterocycles. The van der Waals surface area contributed by atoms with E-state index < -0.39 is 6.10 Å². The Labute approximate surface area is 152 Å². The number of hydrogen-bond donors (Lipinski definition) is 1. The largest absolute Gasteiger partial charge is 0.392 e. The van der Waals surface area contributed by atoms with Gasteiger partial charge >= 0.3 is 0 Å². The lowest BCUT2D eigenvalue weighted by molar-refractivity contribution is 0.0290. The monoisotopic (exact) mass is 347 g/mol. The fourth-order valence-electron chi connectivity index (χ4n) is 3.39. The summed E-state index contributed by atoms with van der Waals surface area (Å²) in [5, 5.41) is 18.9. The first-order chi connectivity index (χ1) is 12.6. The molecule has 0 saturated carbocycles. The Morgan fingerprint density at radius 3 is 2.12 bits per heavy atom. The molecule has 0 bridgehead atoms. The first kappa shape index (κ1) is 16.5. The summed E-state index contributed by atoms with van der Waals surface area (Å²) in [4.78, 5) is 5.51. The molecule has 0 spiro atoms. The number of rotatable bonds is 5. The Hall–Kier alpha value is -2.92. The molecule has 1 atom stereocenters. The molecule has 0 fully saturated rings. The fourth-order valence-corrected chi connectivity index (χ4v) is 3.39. The number of benzene rings is 2. The Balaban J connectivity index is 1.49. The summed E-state index contributed by atoms with van der Waals surface area (Å²) >= 11 is 0. The van der Waals surface area contributed by atoms with E-state index in [-0.39, 0.29) is 6.61 Å². The summed E-state index contributed by atoms with van der Waals surface area (Å²) in [6, 6.07) is 18.3. The van der Waals surface area contributed by atoms with Crippen molar-refractivity contribution in [2.75, 3.05) is 6.61 Å². The number of aryl methyl sites for hydroxylation is 2. The summed E-state index contributed by atoms with van der Waals surface area (Å²) in [6.45, 7) is 4.41. The molecule has 0 amide bonds. The van der Waals surface area contributed by atoms with Gasteiger partial charge in [-0.1, -0.05) is 53.7 Å². The van der Waals surface area contributed by atoms with Gasteiger partial charge in [-0.25, -0.2) is 0 Å². The minimum absolute atomic E-state index is 0.117. The van der Waals surface area contributed by atoms with E-state index in [0.29, 0.717) is 6.54 Å². The van der Waals surface area contributed by atoms with E-state index in [1.807, 2.05) is 56.3 Å². The van der Waals surface area contributed by atoms with Crippen molar-refractivity contribution in [3.05, 3.63) is 77.1 Å². The molecule has 1 aliphatic carbocycles. The van der Waals surface area contributed by atoms with Gasteiger partial charge in [-0.2, -0.15) is 5.10 Å². The summed E-state index contributed by atoms with van der Waals surface area (Å²) < 4.78 is 1.79. The van der Waals surface area contributed by atoms with E-state index in [1.54, 1.807) is 4.68 Å². The number of aliphatic hydroxyl groups is 1. The van der Waals surface area contributed by atoms with E-state index >= 15 is 0 Å². The zero-order valence-electron chi connectivity index (χ0n) is 14.9. The standard InChI is InChI=1S/C21H21N3O2/c1-14-11-15(2)24(22-14)12-16(25)13-26-23-21-19-9-5-3-7-17(19)18-8-4-6-10-20(18)21/h3-11,16,25H,12-13H2,1-2H3/t16-/m0/s1. The zero-order chi connectivity index (χ0) is 18.1. The molecular weight excluding hydrogens is 326 g/mol. The molecule has 0 aliphatic heterocycles. The number of oxime groups is 1. The smallest absolute Gasteiger partial charge is 0.144 e. The Kier molecular flexibility index (Phi) is 4.31. The van der Waals surface area contributed by atoms with Crippen LogP contribution in [0.4, 0.5) is 0 Å². The van der Waals surface area contributed by atoms with Crippen LogP contribution >= 0.6 is 0 Å². The van der Waals surface area contributed by atoms with Crippen LogP contribution in [0.2, 0.25) is 0 Å². The van der Waals surface area contributed by atoms with Gasteiger partial charge in [0.05, 0.1) is 12.2 Å². The topological polar surface area (TPSA) is 59.6 Å². The summed E-state index contributed by atoms with van der Waals surface area (Å²) in [6.07, 6.45) is -0.677. The van der Waals surface area contributed by atoms with Crippen molar-refractivity contribution in [1.29, 1.82) is 0 Å². The van der Waals surface area contributed by atoms with Gasteiger partial charge in [0.25, 0.3) is 0 Å². The zero-order valence-corrected chi connectivity index (χ0v) is 14.9. The third-order valence-electron chi connectivity index (χ3n) is 4.56. The van der Waals surface area contributed by atoms with Crippen molar-refractivity contribution in [3.63, 3.8) is 0 Å². The lowest BCUT2D eigenvalue weighted by Crippen LogP contribution is -2.22. The van der Waals surface area contributed by atoms with Crippen LogP contribution in [-0.2, 0) is 11.4 Å². The fraction of sp³-hybridized carbons (Fsp3) is 0.238. The Morgan fingerprint density at radius 1 is 1.00 bits per heavy atom. The highest BCUT2D eigenvalue weighted by Crippen LogP contribution is 2.36. The summed E-state index contributed by atoms with van der Waals surface area (Å²) in [7, 11) is 0. The third-order valence-corrected chi connectivity index (χ3v) is 4.56. The second kappa shape index (κ2) is 6.77. The minimum Gasteiger partial charge on any atom is -0.392 e. The SMILES string of the molecule is Cc1cc(C)n(C[C@H](O)CON=C2c3ccccc3-c3ccccc32)n1. The maximum atomic E-state index is 10.2. The molecule has 1 aromatic heterocycles. The van der Waals surface area contributed by atoms with E-state index in [9.17, 15) is 5.11 Å². The van der Waals surface area contributed by atoms with Gasteiger partial charge in [-0.3, -0.25) is 4.68 Å². The average molecular weight is 347 g/mol. The van der Waals surface area contributed by atoms with Gasteiger partial charge in [-0.05, 0) is 31.0 Å². The van der Waals surface area contributed by atoms with Crippen LogP contribution in [0, 0.1) is 13.8 Å². The maximum absolute atomic E-state index is 10.2. The van der Waals surface area contributed by atoms with Crippen LogP contribution in [0.5, 0.6) is 0 Å². The van der Waals surface area contributed by atoms with Crippen molar-refractivity contribution in [1.82, 2.24) is 9.78 Å². The first-order valence-corrected chi connectivity index (χ1v) is 8.72. The normalized spacial score (nSPS) is 13.3. The molecule has 0 unspecified atom stereocenters.